The van der Waals surface area contributed by atoms with Crippen molar-refractivity contribution in [3.05, 3.63) is 69.8 Å². The molecule has 0 unspecified atom stereocenters. The van der Waals surface area contributed by atoms with Gasteiger partial charge < -0.3 is 10.1 Å². The highest BCUT2D eigenvalue weighted by atomic mass is 19.4. The number of amides is 3. The molecule has 1 fully saturated rings. The van der Waals surface area contributed by atoms with Crippen LogP contribution in [0.15, 0.2) is 48.5 Å². The van der Waals surface area contributed by atoms with E-state index in [4.69, 9.17) is 4.74 Å². The molecule has 14 heteroatoms. The quantitative estimate of drug-likeness (QED) is 0.341. The highest BCUT2D eigenvalue weighted by Gasteiger charge is 2.37. The smallest absolute Gasteiger partial charge is 0.416 e. The van der Waals surface area contributed by atoms with Gasteiger partial charge in [-0.1, -0.05) is 18.2 Å². The summed E-state index contributed by atoms with van der Waals surface area (Å²) in [7, 11) is 0. The number of alkyl halides is 3. The molecule has 1 heterocycles. The molecular weight excluding hydrogens is 477 g/mol. The zero-order chi connectivity index (χ0) is 25.8. The van der Waals surface area contributed by atoms with Crippen molar-refractivity contribution in [3.8, 4) is 0 Å². The third-order valence-electron chi connectivity index (χ3n) is 4.86. The predicted molar refractivity (Wildman–Crippen MR) is 111 cm³/mol. The molecule has 1 saturated heterocycles. The number of halogens is 3. The van der Waals surface area contributed by atoms with Crippen LogP contribution in [-0.2, 0) is 25.3 Å². The van der Waals surface area contributed by atoms with Gasteiger partial charge >= 0.3 is 12.1 Å². The summed E-state index contributed by atoms with van der Waals surface area (Å²) in [4.78, 5) is 59.1. The largest absolute Gasteiger partial charge is 0.455 e. The van der Waals surface area contributed by atoms with Crippen molar-refractivity contribution >= 4 is 35.1 Å². The molecule has 35 heavy (non-hydrogen) atoms. The summed E-state index contributed by atoms with van der Waals surface area (Å²) in [6.07, 6.45) is -4.96. The van der Waals surface area contributed by atoms with Gasteiger partial charge in [-0.3, -0.25) is 39.7 Å². The molecule has 0 aromatic heterocycles. The van der Waals surface area contributed by atoms with Gasteiger partial charge in [-0.2, -0.15) is 13.2 Å². The Hall–Kier alpha value is -4.49. The zero-order valence-electron chi connectivity index (χ0n) is 17.7. The average molecular weight is 494 g/mol. The lowest BCUT2D eigenvalue weighted by atomic mass is 10.1. The van der Waals surface area contributed by atoms with E-state index in [0.29, 0.717) is 6.07 Å². The van der Waals surface area contributed by atoms with Gasteiger partial charge in [0.2, 0.25) is 5.91 Å². The number of rotatable bonds is 7. The van der Waals surface area contributed by atoms with Gasteiger partial charge in [-0.25, -0.2) is 0 Å². The normalized spacial score (nSPS) is 15.5. The summed E-state index contributed by atoms with van der Waals surface area (Å²) in [5.41, 5.74) is 0.315. The first-order valence-electron chi connectivity index (χ1n) is 9.94. The lowest BCUT2D eigenvalue weighted by Crippen LogP contribution is -2.43. The van der Waals surface area contributed by atoms with Gasteiger partial charge in [0.25, 0.3) is 17.5 Å². The Balaban J connectivity index is 1.53. The molecule has 1 aliphatic heterocycles. The maximum absolute atomic E-state index is 12.8. The SMILES string of the molecule is O=C(COC(=O)[C@@H]1CC(=O)N(NC(=O)c2ccccc2[N+](=O)[O-])C1)Nc1cccc(C(F)(F)F)c1. The van der Waals surface area contributed by atoms with Crippen molar-refractivity contribution in [1.82, 2.24) is 10.4 Å². The zero-order valence-corrected chi connectivity index (χ0v) is 17.7. The van der Waals surface area contributed by atoms with Crippen LogP contribution in [-0.4, -0.2) is 46.8 Å². The topological polar surface area (TPSA) is 148 Å². The number of esters is 1. The van der Waals surface area contributed by atoms with E-state index in [2.05, 4.69) is 10.7 Å². The van der Waals surface area contributed by atoms with E-state index in [-0.39, 0.29) is 24.2 Å². The number of para-hydroxylation sites is 1. The van der Waals surface area contributed by atoms with Crippen LogP contribution in [0.1, 0.15) is 22.3 Å². The van der Waals surface area contributed by atoms with E-state index in [1.165, 1.54) is 24.3 Å². The predicted octanol–water partition coefficient (Wildman–Crippen LogP) is 2.29. The first-order chi connectivity index (χ1) is 16.5. The molecular formula is C21H17F3N4O7. The van der Waals surface area contributed by atoms with E-state index in [0.717, 1.165) is 23.2 Å². The van der Waals surface area contributed by atoms with Gasteiger partial charge in [0.1, 0.15) is 5.56 Å². The van der Waals surface area contributed by atoms with Crippen LogP contribution in [0.2, 0.25) is 0 Å². The van der Waals surface area contributed by atoms with E-state index in [9.17, 15) is 42.5 Å². The average Bonchev–Trinajstić information content (AvgIpc) is 3.17. The number of nitro groups is 1. The highest BCUT2D eigenvalue weighted by Crippen LogP contribution is 2.30. The number of carbonyl (C=O) groups excluding carboxylic acids is 4. The van der Waals surface area contributed by atoms with Crippen LogP contribution in [0.5, 0.6) is 0 Å². The minimum Gasteiger partial charge on any atom is -0.455 e. The Bertz CT molecular complexity index is 1190. The van der Waals surface area contributed by atoms with E-state index < -0.39 is 58.6 Å². The van der Waals surface area contributed by atoms with E-state index >= 15 is 0 Å². The maximum Gasteiger partial charge on any atom is 0.416 e. The van der Waals surface area contributed by atoms with Gasteiger partial charge in [0.15, 0.2) is 6.61 Å². The number of hydrazine groups is 1. The molecule has 0 bridgehead atoms. The monoisotopic (exact) mass is 494 g/mol. The van der Waals surface area contributed by atoms with Crippen LogP contribution >= 0.6 is 0 Å². The van der Waals surface area contributed by atoms with Gasteiger partial charge in [0, 0.05) is 18.2 Å². The fraction of sp³-hybridized carbons (Fsp3) is 0.238. The summed E-state index contributed by atoms with van der Waals surface area (Å²) in [6.45, 7) is -1.12. The number of nitrogens with zero attached hydrogens (tertiary/aromatic N) is 2. The Morgan fingerprint density at radius 1 is 1.14 bits per heavy atom. The Kier molecular flexibility index (Phi) is 7.32. The molecule has 11 nitrogen and oxygen atoms in total. The molecule has 1 atom stereocenters. The standard InChI is InChI=1S/C21H17F3N4O7/c22-21(23,24)13-4-3-5-14(9-13)25-17(29)11-35-20(32)12-8-18(30)27(10-12)26-19(31)15-6-1-2-7-16(15)28(33)34/h1-7,9,12H,8,10-11H2,(H,25,29)(H,26,31)/t12-/m1/s1. The van der Waals surface area contributed by atoms with E-state index in [1.54, 1.807) is 0 Å². The molecule has 0 aliphatic carbocycles. The number of benzene rings is 2. The highest BCUT2D eigenvalue weighted by molar-refractivity contribution is 5.99. The molecule has 3 rings (SSSR count). The minimum atomic E-state index is -4.60. The minimum absolute atomic E-state index is 0.152. The second-order valence-electron chi connectivity index (χ2n) is 7.36. The van der Waals surface area contributed by atoms with Crippen LogP contribution in [0.25, 0.3) is 0 Å². The summed E-state index contributed by atoms with van der Waals surface area (Å²) in [5, 5.41) is 14.1. The number of anilines is 1. The lowest BCUT2D eigenvalue weighted by Gasteiger charge is -2.17. The number of hydrogen-bond donors (Lipinski definition) is 2. The molecule has 0 radical (unpaired) electrons. The summed E-state index contributed by atoms with van der Waals surface area (Å²) in [5.74, 6) is -4.48. The fourth-order valence-corrected chi connectivity index (χ4v) is 3.21. The fourth-order valence-electron chi connectivity index (χ4n) is 3.21. The third-order valence-corrected chi connectivity index (χ3v) is 4.86. The van der Waals surface area contributed by atoms with Gasteiger partial charge in [-0.15, -0.1) is 0 Å². The van der Waals surface area contributed by atoms with E-state index in [1.807, 2.05) is 0 Å². The molecule has 0 saturated carbocycles. The molecule has 1 aliphatic rings. The van der Waals surface area contributed by atoms with Crippen LogP contribution in [0, 0.1) is 16.0 Å². The maximum atomic E-state index is 12.8. The molecule has 184 valence electrons. The Morgan fingerprint density at radius 3 is 2.54 bits per heavy atom. The first-order valence-corrected chi connectivity index (χ1v) is 9.94. The van der Waals surface area contributed by atoms with Crippen molar-refractivity contribution in [3.63, 3.8) is 0 Å². The summed E-state index contributed by atoms with van der Waals surface area (Å²) >= 11 is 0. The second kappa shape index (κ2) is 10.2. The number of ether oxygens (including phenoxy) is 1. The Morgan fingerprint density at radius 2 is 1.86 bits per heavy atom. The number of carbonyl (C=O) groups is 4. The third kappa shape index (κ3) is 6.31. The second-order valence-corrected chi connectivity index (χ2v) is 7.36. The lowest BCUT2D eigenvalue weighted by molar-refractivity contribution is -0.385. The molecule has 2 aromatic carbocycles. The first kappa shape index (κ1) is 25.1. The molecule has 3 amide bonds. The summed E-state index contributed by atoms with van der Waals surface area (Å²) in [6, 6.07) is 8.95. The van der Waals surface area contributed by atoms with Gasteiger partial charge in [0.05, 0.1) is 22.9 Å². The number of nitro benzene ring substituents is 1. The van der Waals surface area contributed by atoms with Crippen molar-refractivity contribution < 1.29 is 42.0 Å². The van der Waals surface area contributed by atoms with Crippen molar-refractivity contribution in [2.24, 2.45) is 5.92 Å². The van der Waals surface area contributed by atoms with Gasteiger partial charge in [-0.05, 0) is 24.3 Å². The molecule has 2 aromatic rings. The summed E-state index contributed by atoms with van der Waals surface area (Å²) < 4.78 is 43.1. The molecule has 0 spiro atoms. The Labute approximate surface area is 195 Å². The number of nitrogens with one attached hydrogen (secondary N) is 2. The van der Waals surface area contributed by atoms with Crippen molar-refractivity contribution in [2.75, 3.05) is 18.5 Å². The van der Waals surface area contributed by atoms with Crippen LogP contribution in [0.3, 0.4) is 0 Å². The number of hydrogen-bond acceptors (Lipinski definition) is 7. The van der Waals surface area contributed by atoms with Crippen LogP contribution < -0.4 is 10.7 Å². The van der Waals surface area contributed by atoms with Crippen LogP contribution in [0.4, 0.5) is 24.5 Å². The van der Waals surface area contributed by atoms with Crippen molar-refractivity contribution in [1.29, 1.82) is 0 Å². The van der Waals surface area contributed by atoms with Crippen molar-refractivity contribution in [2.45, 2.75) is 12.6 Å². The molecule has 2 N–H and O–H groups in total.